The summed E-state index contributed by atoms with van der Waals surface area (Å²) in [7, 11) is 1.92. The molecule has 4 rings (SSSR count). The lowest BCUT2D eigenvalue weighted by atomic mass is 10.3. The number of fused-ring (bicyclic) bond motifs is 1. The first-order valence-corrected chi connectivity index (χ1v) is 8.78. The van der Waals surface area contributed by atoms with Gasteiger partial charge in [0, 0.05) is 11.9 Å². The molecule has 2 N–H and O–H groups in total. The summed E-state index contributed by atoms with van der Waals surface area (Å²) >= 11 is 1.73. The largest absolute Gasteiger partial charge is 0.490 e. The quantitative estimate of drug-likeness (QED) is 0.538. The third kappa shape index (κ3) is 4.22. The smallest absolute Gasteiger partial charge is 0.475 e. The molecule has 0 spiro atoms. The van der Waals surface area contributed by atoms with Crippen molar-refractivity contribution in [2.45, 2.75) is 19.6 Å². The van der Waals surface area contributed by atoms with Gasteiger partial charge in [-0.1, -0.05) is 6.07 Å². The van der Waals surface area contributed by atoms with E-state index in [1.165, 1.54) is 4.88 Å². The third-order valence-corrected chi connectivity index (χ3v) is 4.52. The number of aromatic amines is 1. The molecule has 0 aliphatic carbocycles. The monoisotopic (exact) mass is 412 g/mol. The van der Waals surface area contributed by atoms with Crippen LogP contribution in [0.3, 0.4) is 0 Å². The first kappa shape index (κ1) is 19.6. The number of imidazole rings is 1. The number of H-pyrrole nitrogens is 1. The zero-order valence-corrected chi connectivity index (χ0v) is 15.5. The summed E-state index contributed by atoms with van der Waals surface area (Å²) in [4.78, 5) is 18.2. The molecule has 0 bridgehead atoms. The van der Waals surface area contributed by atoms with E-state index in [9.17, 15) is 13.2 Å². The Kier molecular flexibility index (Phi) is 5.23. The zero-order chi connectivity index (χ0) is 20.5. The Morgan fingerprint density at radius 1 is 1.39 bits per heavy atom. The van der Waals surface area contributed by atoms with Gasteiger partial charge in [-0.2, -0.15) is 23.4 Å². The summed E-state index contributed by atoms with van der Waals surface area (Å²) in [6.07, 6.45) is -3.26. The molecule has 0 amide bonds. The molecule has 0 aliphatic heterocycles. The van der Waals surface area contributed by atoms with Crippen LogP contribution in [-0.2, 0) is 18.4 Å². The molecule has 8 nitrogen and oxygen atoms in total. The van der Waals surface area contributed by atoms with Gasteiger partial charge in [0.2, 0.25) is 0 Å². The number of hydrogen-bond donors (Lipinski definition) is 2. The van der Waals surface area contributed by atoms with E-state index in [0.29, 0.717) is 0 Å². The van der Waals surface area contributed by atoms with E-state index >= 15 is 0 Å². The van der Waals surface area contributed by atoms with Crippen LogP contribution in [0.25, 0.3) is 22.7 Å². The van der Waals surface area contributed by atoms with Gasteiger partial charge in [-0.15, -0.1) is 11.3 Å². The first-order valence-electron chi connectivity index (χ1n) is 7.90. The number of thiophene rings is 1. The molecular formula is C16H15F3N6O2S. The molecule has 0 unspecified atom stereocenters. The summed E-state index contributed by atoms with van der Waals surface area (Å²) in [5.74, 6) is -1.93. The van der Waals surface area contributed by atoms with Crippen molar-refractivity contribution in [1.29, 1.82) is 0 Å². The third-order valence-electron chi connectivity index (χ3n) is 3.66. The fraction of sp³-hybridized carbons (Fsp3) is 0.250. The normalized spacial score (nSPS) is 11.5. The second kappa shape index (κ2) is 7.46. The van der Waals surface area contributed by atoms with Crippen LogP contribution in [0, 0.1) is 6.92 Å². The zero-order valence-electron chi connectivity index (χ0n) is 14.7. The van der Waals surface area contributed by atoms with Crippen molar-refractivity contribution in [3.8, 4) is 11.5 Å². The highest BCUT2D eigenvalue weighted by Gasteiger charge is 2.38. The van der Waals surface area contributed by atoms with E-state index in [-0.39, 0.29) is 0 Å². The van der Waals surface area contributed by atoms with Crippen molar-refractivity contribution in [2.24, 2.45) is 7.05 Å². The number of carbonyl (C=O) groups is 1. The van der Waals surface area contributed by atoms with Gasteiger partial charge in [0.05, 0.1) is 18.4 Å². The van der Waals surface area contributed by atoms with Crippen LogP contribution >= 0.6 is 11.3 Å². The number of carboxylic acid groups (broad SMARTS) is 1. The first-order chi connectivity index (χ1) is 13.1. The summed E-state index contributed by atoms with van der Waals surface area (Å²) in [6, 6.07) is 6.18. The maximum atomic E-state index is 10.6. The molecule has 0 aromatic carbocycles. The second-order valence-corrected chi connectivity index (χ2v) is 6.83. The number of rotatable bonds is 3. The molecule has 0 radical (unpaired) electrons. The van der Waals surface area contributed by atoms with Crippen molar-refractivity contribution >= 4 is 28.5 Å². The standard InChI is InChI=1S/C14H14N6S.C2HF3O2/c1-9-6-12(19(2)18-9)13-16-11-7-15-20(14(11)17-13)8-10-4-3-5-21-10;3-2(4,5)1(6)7/h3-7H,8H2,1-2H3,(H,16,17);(H,6,7). The average molecular weight is 412 g/mol. The van der Waals surface area contributed by atoms with Gasteiger partial charge in [0.1, 0.15) is 11.2 Å². The van der Waals surface area contributed by atoms with E-state index in [0.717, 1.165) is 34.9 Å². The van der Waals surface area contributed by atoms with Crippen molar-refractivity contribution in [3.63, 3.8) is 0 Å². The maximum Gasteiger partial charge on any atom is 0.490 e. The predicted octanol–water partition coefficient (Wildman–Crippen LogP) is 3.21. The van der Waals surface area contributed by atoms with Crippen LogP contribution < -0.4 is 0 Å². The Hall–Kier alpha value is -3.15. The van der Waals surface area contributed by atoms with E-state index in [1.54, 1.807) is 11.3 Å². The topological polar surface area (TPSA) is 102 Å². The molecule has 148 valence electrons. The lowest BCUT2D eigenvalue weighted by molar-refractivity contribution is -0.192. The fourth-order valence-electron chi connectivity index (χ4n) is 2.47. The Balaban J connectivity index is 0.000000279. The van der Waals surface area contributed by atoms with Crippen LogP contribution in [0.15, 0.2) is 29.8 Å². The summed E-state index contributed by atoms with van der Waals surface area (Å²) < 4.78 is 35.5. The van der Waals surface area contributed by atoms with Gasteiger partial charge >= 0.3 is 12.1 Å². The molecule has 4 aromatic rings. The van der Waals surface area contributed by atoms with Crippen LogP contribution in [0.1, 0.15) is 10.6 Å². The lowest BCUT2D eigenvalue weighted by Gasteiger charge is -1.99. The summed E-state index contributed by atoms with van der Waals surface area (Å²) in [5, 5.41) is 18.0. The minimum absolute atomic E-state index is 0.746. The van der Waals surface area contributed by atoms with Crippen LogP contribution in [0.5, 0.6) is 0 Å². The molecule has 0 fully saturated rings. The highest BCUT2D eigenvalue weighted by molar-refractivity contribution is 7.09. The molecule has 0 atom stereocenters. The lowest BCUT2D eigenvalue weighted by Crippen LogP contribution is -2.21. The van der Waals surface area contributed by atoms with Gasteiger partial charge in [-0.05, 0) is 24.4 Å². The molecule has 0 aliphatic rings. The summed E-state index contributed by atoms with van der Waals surface area (Å²) in [6.45, 7) is 2.72. The van der Waals surface area contributed by atoms with Crippen LogP contribution in [0.4, 0.5) is 13.2 Å². The molecule has 12 heteroatoms. The molecule has 0 saturated carbocycles. The molecular weight excluding hydrogens is 397 g/mol. The number of halogens is 3. The van der Waals surface area contributed by atoms with Gasteiger partial charge < -0.3 is 10.1 Å². The highest BCUT2D eigenvalue weighted by atomic mass is 32.1. The van der Waals surface area contributed by atoms with Crippen LogP contribution in [-0.4, -0.2) is 46.8 Å². The number of nitrogens with one attached hydrogen (secondary N) is 1. The number of aromatic nitrogens is 6. The molecule has 28 heavy (non-hydrogen) atoms. The van der Waals surface area contributed by atoms with Crippen molar-refractivity contribution < 1.29 is 23.1 Å². The number of alkyl halides is 3. The average Bonchev–Trinajstić information content (AvgIpc) is 3.34. The molecule has 4 aromatic heterocycles. The number of aryl methyl sites for hydroxylation is 2. The Morgan fingerprint density at radius 2 is 2.11 bits per heavy atom. The Morgan fingerprint density at radius 3 is 2.64 bits per heavy atom. The van der Waals surface area contributed by atoms with E-state index in [2.05, 4.69) is 37.7 Å². The van der Waals surface area contributed by atoms with E-state index in [4.69, 9.17) is 9.90 Å². The number of nitrogens with zero attached hydrogens (tertiary/aromatic N) is 5. The second-order valence-electron chi connectivity index (χ2n) is 5.80. The van der Waals surface area contributed by atoms with Crippen molar-refractivity contribution in [3.05, 3.63) is 40.3 Å². The minimum atomic E-state index is -5.08. The van der Waals surface area contributed by atoms with E-state index in [1.807, 2.05) is 35.6 Å². The highest BCUT2D eigenvalue weighted by Crippen LogP contribution is 2.21. The maximum absolute atomic E-state index is 10.6. The number of carboxylic acids is 1. The minimum Gasteiger partial charge on any atom is -0.475 e. The van der Waals surface area contributed by atoms with E-state index < -0.39 is 12.1 Å². The van der Waals surface area contributed by atoms with Gasteiger partial charge in [0.25, 0.3) is 0 Å². The SMILES string of the molecule is Cc1cc(-c2nc3c(cnn3Cc3cccs3)[nH]2)n(C)n1.O=C(O)C(F)(F)F. The van der Waals surface area contributed by atoms with Crippen molar-refractivity contribution in [2.75, 3.05) is 0 Å². The summed E-state index contributed by atoms with van der Waals surface area (Å²) in [5.41, 5.74) is 3.78. The molecule has 0 saturated heterocycles. The molecule has 4 heterocycles. The number of aliphatic carboxylic acids is 1. The van der Waals surface area contributed by atoms with Gasteiger partial charge in [-0.3, -0.25) is 4.68 Å². The van der Waals surface area contributed by atoms with Gasteiger partial charge in [-0.25, -0.2) is 14.5 Å². The van der Waals surface area contributed by atoms with Crippen molar-refractivity contribution in [1.82, 2.24) is 29.5 Å². The van der Waals surface area contributed by atoms with Crippen LogP contribution in [0.2, 0.25) is 0 Å². The predicted molar refractivity (Wildman–Crippen MR) is 95.9 cm³/mol. The fourth-order valence-corrected chi connectivity index (χ4v) is 3.15. The Labute approximate surface area is 160 Å². The van der Waals surface area contributed by atoms with Gasteiger partial charge in [0.15, 0.2) is 11.5 Å². The number of hydrogen-bond acceptors (Lipinski definition) is 5. The Bertz CT molecular complexity index is 1090.